The van der Waals surface area contributed by atoms with Crippen LogP contribution in [0.2, 0.25) is 0 Å². The highest BCUT2D eigenvalue weighted by molar-refractivity contribution is 9.10. The van der Waals surface area contributed by atoms with E-state index in [-0.39, 0.29) is 12.1 Å². The lowest BCUT2D eigenvalue weighted by molar-refractivity contribution is 0.0806. The maximum atomic E-state index is 13.3. The number of rotatable bonds is 2. The molecule has 0 bridgehead atoms. The molecule has 1 aromatic rings. The van der Waals surface area contributed by atoms with Crippen molar-refractivity contribution in [2.45, 2.75) is 18.9 Å². The summed E-state index contributed by atoms with van der Waals surface area (Å²) < 4.78 is 18.8. The third kappa shape index (κ3) is 3.68. The van der Waals surface area contributed by atoms with Gasteiger partial charge in [0.1, 0.15) is 5.82 Å². The van der Waals surface area contributed by atoms with Crippen LogP contribution in [-0.2, 0) is 4.74 Å². The fourth-order valence-corrected chi connectivity index (χ4v) is 2.02. The molecule has 0 unspecified atom stereocenters. The molecule has 1 saturated heterocycles. The van der Waals surface area contributed by atoms with Gasteiger partial charge in [-0.2, -0.15) is 0 Å². The van der Waals surface area contributed by atoms with E-state index in [2.05, 4.69) is 26.6 Å². The number of hydrogen-bond donors (Lipinski definition) is 2. The number of anilines is 1. The molecule has 98 valence electrons. The van der Waals surface area contributed by atoms with Crippen LogP contribution in [0.3, 0.4) is 0 Å². The number of hydrogen-bond acceptors (Lipinski definition) is 2. The molecule has 0 radical (unpaired) electrons. The van der Waals surface area contributed by atoms with Crippen molar-refractivity contribution < 1.29 is 13.9 Å². The van der Waals surface area contributed by atoms with Gasteiger partial charge in [-0.3, -0.25) is 0 Å². The Morgan fingerprint density at radius 1 is 1.39 bits per heavy atom. The predicted molar refractivity (Wildman–Crippen MR) is 70.1 cm³/mol. The molecule has 0 atom stereocenters. The third-order valence-electron chi connectivity index (χ3n) is 2.73. The second-order valence-electron chi connectivity index (χ2n) is 4.11. The zero-order valence-corrected chi connectivity index (χ0v) is 11.3. The maximum absolute atomic E-state index is 13.3. The Hall–Kier alpha value is -1.14. The molecule has 1 aliphatic heterocycles. The van der Waals surface area contributed by atoms with Gasteiger partial charge in [-0.05, 0) is 47.0 Å². The number of benzene rings is 1. The number of nitrogens with one attached hydrogen (secondary N) is 2. The molecule has 0 saturated carbocycles. The number of carbonyl (C=O) groups excluding carboxylic acids is 1. The minimum Gasteiger partial charge on any atom is -0.381 e. The Balaban J connectivity index is 1.88. The lowest BCUT2D eigenvalue weighted by Crippen LogP contribution is -2.41. The van der Waals surface area contributed by atoms with E-state index in [1.54, 1.807) is 12.1 Å². The highest BCUT2D eigenvalue weighted by atomic mass is 79.9. The summed E-state index contributed by atoms with van der Waals surface area (Å²) in [6, 6.07) is 4.27. The summed E-state index contributed by atoms with van der Waals surface area (Å²) in [6.45, 7) is 1.33. The van der Waals surface area contributed by atoms with Crippen molar-refractivity contribution in [3.8, 4) is 0 Å². The van der Waals surface area contributed by atoms with E-state index in [4.69, 9.17) is 4.74 Å². The first-order valence-corrected chi connectivity index (χ1v) is 6.55. The first-order chi connectivity index (χ1) is 8.65. The van der Waals surface area contributed by atoms with E-state index in [9.17, 15) is 9.18 Å². The summed E-state index contributed by atoms with van der Waals surface area (Å²) in [5.74, 6) is -0.404. The summed E-state index contributed by atoms with van der Waals surface area (Å²) in [5.41, 5.74) is 0.431. The molecule has 0 aliphatic carbocycles. The lowest BCUT2D eigenvalue weighted by Gasteiger charge is -2.23. The van der Waals surface area contributed by atoms with Crippen LogP contribution in [-0.4, -0.2) is 25.3 Å². The minimum absolute atomic E-state index is 0.124. The zero-order valence-electron chi connectivity index (χ0n) is 9.71. The van der Waals surface area contributed by atoms with Crippen LogP contribution >= 0.6 is 15.9 Å². The molecule has 0 spiro atoms. The molecular weight excluding hydrogens is 303 g/mol. The van der Waals surface area contributed by atoms with Crippen molar-refractivity contribution in [3.63, 3.8) is 0 Å². The van der Waals surface area contributed by atoms with E-state index in [1.165, 1.54) is 6.07 Å². The van der Waals surface area contributed by atoms with Crippen LogP contribution in [0.4, 0.5) is 14.9 Å². The SMILES string of the molecule is O=C(Nc1ccc(Br)c(F)c1)NC1CCOCC1. The Morgan fingerprint density at radius 3 is 2.78 bits per heavy atom. The van der Waals surface area contributed by atoms with Gasteiger partial charge in [0.15, 0.2) is 0 Å². The number of ether oxygens (including phenoxy) is 1. The molecule has 1 heterocycles. The summed E-state index contributed by atoms with van der Waals surface area (Å²) in [6.07, 6.45) is 1.62. The number of halogens is 2. The van der Waals surface area contributed by atoms with Crippen molar-refractivity contribution in [1.29, 1.82) is 0 Å². The van der Waals surface area contributed by atoms with Crippen molar-refractivity contribution >= 4 is 27.6 Å². The predicted octanol–water partition coefficient (Wildman–Crippen LogP) is 2.89. The molecule has 6 heteroatoms. The van der Waals surface area contributed by atoms with Gasteiger partial charge in [-0.1, -0.05) is 0 Å². The molecule has 1 aromatic carbocycles. The van der Waals surface area contributed by atoms with Crippen LogP contribution in [0.25, 0.3) is 0 Å². The summed E-state index contributed by atoms with van der Waals surface area (Å²) in [7, 11) is 0. The highest BCUT2D eigenvalue weighted by Gasteiger charge is 2.16. The van der Waals surface area contributed by atoms with E-state index in [1.807, 2.05) is 0 Å². The second kappa shape index (κ2) is 6.15. The van der Waals surface area contributed by atoms with Crippen LogP contribution < -0.4 is 10.6 Å². The summed E-state index contributed by atoms with van der Waals surface area (Å²) in [4.78, 5) is 11.7. The van der Waals surface area contributed by atoms with Gasteiger partial charge in [0.25, 0.3) is 0 Å². The molecule has 2 N–H and O–H groups in total. The smallest absolute Gasteiger partial charge is 0.319 e. The van der Waals surface area contributed by atoms with Crippen LogP contribution in [0.1, 0.15) is 12.8 Å². The first-order valence-electron chi connectivity index (χ1n) is 5.75. The van der Waals surface area contributed by atoms with Gasteiger partial charge in [0.05, 0.1) is 4.47 Å². The van der Waals surface area contributed by atoms with E-state index in [0.717, 1.165) is 12.8 Å². The fourth-order valence-electron chi connectivity index (χ4n) is 1.77. The zero-order chi connectivity index (χ0) is 13.0. The quantitative estimate of drug-likeness (QED) is 0.881. The monoisotopic (exact) mass is 316 g/mol. The van der Waals surface area contributed by atoms with Crippen molar-refractivity contribution in [2.75, 3.05) is 18.5 Å². The van der Waals surface area contributed by atoms with Crippen LogP contribution in [0.15, 0.2) is 22.7 Å². The standard InChI is InChI=1S/C12H14BrFN2O2/c13-10-2-1-9(7-11(10)14)16-12(17)15-8-3-5-18-6-4-8/h1-2,7-8H,3-6H2,(H2,15,16,17). The molecule has 2 amide bonds. The van der Waals surface area contributed by atoms with E-state index >= 15 is 0 Å². The largest absolute Gasteiger partial charge is 0.381 e. The summed E-state index contributed by atoms with van der Waals surface area (Å²) in [5, 5.41) is 5.44. The van der Waals surface area contributed by atoms with Crippen molar-refractivity contribution in [1.82, 2.24) is 5.32 Å². The topological polar surface area (TPSA) is 50.4 Å². The Bertz CT molecular complexity index is 436. The van der Waals surface area contributed by atoms with Crippen molar-refractivity contribution in [2.24, 2.45) is 0 Å². The molecule has 1 aliphatic rings. The average Bonchev–Trinajstić information content (AvgIpc) is 2.35. The number of amides is 2. The molecule has 1 fully saturated rings. The average molecular weight is 317 g/mol. The number of carbonyl (C=O) groups is 1. The van der Waals surface area contributed by atoms with Gasteiger partial charge in [0.2, 0.25) is 0 Å². The third-order valence-corrected chi connectivity index (χ3v) is 3.38. The van der Waals surface area contributed by atoms with Gasteiger partial charge in [0, 0.05) is 24.9 Å². The number of urea groups is 1. The first kappa shape index (κ1) is 13.3. The molecule has 4 nitrogen and oxygen atoms in total. The van der Waals surface area contributed by atoms with Gasteiger partial charge in [-0.15, -0.1) is 0 Å². The second-order valence-corrected chi connectivity index (χ2v) is 4.97. The highest BCUT2D eigenvalue weighted by Crippen LogP contribution is 2.19. The molecular formula is C12H14BrFN2O2. The Labute approximate surface area is 113 Å². The Morgan fingerprint density at radius 2 is 2.11 bits per heavy atom. The van der Waals surface area contributed by atoms with E-state index in [0.29, 0.717) is 23.4 Å². The van der Waals surface area contributed by atoms with Gasteiger partial charge >= 0.3 is 6.03 Å². The summed E-state index contributed by atoms with van der Waals surface area (Å²) >= 11 is 3.06. The van der Waals surface area contributed by atoms with Gasteiger partial charge < -0.3 is 15.4 Å². The van der Waals surface area contributed by atoms with Crippen LogP contribution in [0, 0.1) is 5.82 Å². The van der Waals surface area contributed by atoms with Crippen molar-refractivity contribution in [3.05, 3.63) is 28.5 Å². The van der Waals surface area contributed by atoms with Gasteiger partial charge in [-0.25, -0.2) is 9.18 Å². The lowest BCUT2D eigenvalue weighted by atomic mass is 10.1. The minimum atomic E-state index is -0.404. The maximum Gasteiger partial charge on any atom is 0.319 e. The normalized spacial score (nSPS) is 16.3. The Kier molecular flexibility index (Phi) is 4.54. The van der Waals surface area contributed by atoms with E-state index < -0.39 is 5.82 Å². The molecule has 18 heavy (non-hydrogen) atoms. The molecule has 2 rings (SSSR count). The van der Waals surface area contributed by atoms with Crippen LogP contribution in [0.5, 0.6) is 0 Å². The molecule has 0 aromatic heterocycles. The fraction of sp³-hybridized carbons (Fsp3) is 0.417.